The van der Waals surface area contributed by atoms with Crippen molar-refractivity contribution in [3.63, 3.8) is 0 Å². The first-order valence-corrected chi connectivity index (χ1v) is 4.44. The van der Waals surface area contributed by atoms with E-state index in [0.29, 0.717) is 17.7 Å². The largest absolute Gasteiger partial charge is 0.309 e. The number of likely N-dealkylation sites (N-methyl/N-ethyl adjacent to an activating group) is 1. The Morgan fingerprint density at radius 1 is 1.27 bits per heavy atom. The summed E-state index contributed by atoms with van der Waals surface area (Å²) in [4.78, 5) is 0. The molecule has 1 aromatic carbocycles. The topological polar surface area (TPSA) is 12.0 Å². The lowest BCUT2D eigenvalue weighted by Crippen LogP contribution is -2.20. The van der Waals surface area contributed by atoms with Crippen LogP contribution in [0.2, 0.25) is 0 Å². The molecule has 0 saturated heterocycles. The number of hydrogen-bond donors (Lipinski definition) is 1. The van der Waals surface area contributed by atoms with Crippen molar-refractivity contribution < 1.29 is 13.2 Å². The normalized spacial score (nSPS) is 12.6. The van der Waals surface area contributed by atoms with Crippen LogP contribution >= 0.6 is 0 Å². The van der Waals surface area contributed by atoms with Crippen molar-refractivity contribution in [3.8, 4) is 0 Å². The van der Waals surface area contributed by atoms with E-state index >= 15 is 0 Å². The lowest BCUT2D eigenvalue weighted by Gasteiger charge is -2.18. The van der Waals surface area contributed by atoms with Crippen LogP contribution in [0.3, 0.4) is 0 Å². The molecule has 4 heteroatoms. The van der Waals surface area contributed by atoms with E-state index in [0.717, 1.165) is 0 Å². The molecule has 1 N–H and O–H groups in total. The molecule has 0 aliphatic heterocycles. The Balaban J connectivity index is 3.29. The molecule has 0 spiro atoms. The van der Waals surface area contributed by atoms with Crippen LogP contribution in [0.1, 0.15) is 18.5 Å². The minimum absolute atomic E-state index is 0.202. The van der Waals surface area contributed by atoms with Crippen molar-refractivity contribution in [2.75, 3.05) is 7.05 Å². The summed E-state index contributed by atoms with van der Waals surface area (Å²) in [5.41, 5.74) is 0.355. The highest BCUT2D eigenvalue weighted by Gasteiger charge is 2.20. The van der Waals surface area contributed by atoms with E-state index in [1.165, 1.54) is 0 Å². The fraction of sp³-hybridized carbons (Fsp3) is 0.273. The molecule has 0 bridgehead atoms. The van der Waals surface area contributed by atoms with E-state index in [-0.39, 0.29) is 5.56 Å². The maximum atomic E-state index is 13.3. The van der Waals surface area contributed by atoms with Crippen molar-refractivity contribution in [2.45, 2.75) is 13.0 Å². The molecule has 0 radical (unpaired) electrons. The van der Waals surface area contributed by atoms with Crippen LogP contribution in [0, 0.1) is 17.5 Å². The molecule has 1 atom stereocenters. The first-order valence-electron chi connectivity index (χ1n) is 4.44. The number of hydrogen-bond acceptors (Lipinski definition) is 1. The van der Waals surface area contributed by atoms with Crippen LogP contribution in [-0.4, -0.2) is 7.05 Å². The van der Waals surface area contributed by atoms with Gasteiger partial charge in [0, 0.05) is 17.7 Å². The number of nitrogens with one attached hydrogen (secondary N) is 1. The SMILES string of the molecule is C=C(C)C(NC)c1c(F)cc(F)cc1F. The smallest absolute Gasteiger partial charge is 0.134 e. The van der Waals surface area contributed by atoms with Crippen molar-refractivity contribution in [3.05, 3.63) is 47.3 Å². The van der Waals surface area contributed by atoms with Crippen molar-refractivity contribution in [1.29, 1.82) is 0 Å². The zero-order valence-electron chi connectivity index (χ0n) is 8.57. The van der Waals surface area contributed by atoms with E-state index in [2.05, 4.69) is 11.9 Å². The zero-order valence-corrected chi connectivity index (χ0v) is 8.57. The Morgan fingerprint density at radius 2 is 1.73 bits per heavy atom. The first-order chi connectivity index (χ1) is 6.97. The highest BCUT2D eigenvalue weighted by atomic mass is 19.1. The molecule has 0 aliphatic carbocycles. The Bertz CT molecular complexity index is 364. The van der Waals surface area contributed by atoms with Crippen LogP contribution in [-0.2, 0) is 0 Å². The second-order valence-electron chi connectivity index (χ2n) is 3.35. The molecule has 1 nitrogen and oxygen atoms in total. The maximum absolute atomic E-state index is 13.3. The predicted octanol–water partition coefficient (Wildman–Crippen LogP) is 2.94. The molecule has 1 unspecified atom stereocenters. The summed E-state index contributed by atoms with van der Waals surface area (Å²) in [5, 5.41) is 2.72. The summed E-state index contributed by atoms with van der Waals surface area (Å²) >= 11 is 0. The standard InChI is InChI=1S/C11H12F3N/c1-6(2)11(15-3)10-8(13)4-7(12)5-9(10)14/h4-5,11,15H,1H2,2-3H3. The van der Waals surface area contributed by atoms with Gasteiger partial charge in [0.1, 0.15) is 17.5 Å². The van der Waals surface area contributed by atoms with Gasteiger partial charge in [-0.1, -0.05) is 12.2 Å². The molecule has 0 aromatic heterocycles. The lowest BCUT2D eigenvalue weighted by molar-refractivity contribution is 0.498. The summed E-state index contributed by atoms with van der Waals surface area (Å²) in [7, 11) is 1.56. The fourth-order valence-electron chi connectivity index (χ4n) is 1.47. The van der Waals surface area contributed by atoms with Crippen molar-refractivity contribution >= 4 is 0 Å². The third-order valence-electron chi connectivity index (χ3n) is 2.11. The van der Waals surface area contributed by atoms with Crippen LogP contribution < -0.4 is 5.32 Å². The van der Waals surface area contributed by atoms with Gasteiger partial charge in [-0.25, -0.2) is 13.2 Å². The molecule has 15 heavy (non-hydrogen) atoms. The van der Waals surface area contributed by atoms with Gasteiger partial charge in [0.2, 0.25) is 0 Å². The van der Waals surface area contributed by atoms with Gasteiger partial charge >= 0.3 is 0 Å². The number of halogens is 3. The van der Waals surface area contributed by atoms with Gasteiger partial charge in [-0.3, -0.25) is 0 Å². The van der Waals surface area contributed by atoms with Gasteiger partial charge in [0.05, 0.1) is 6.04 Å². The van der Waals surface area contributed by atoms with Crippen molar-refractivity contribution in [1.82, 2.24) is 5.32 Å². The third kappa shape index (κ3) is 2.39. The average Bonchev–Trinajstić information content (AvgIpc) is 2.09. The molecule has 1 rings (SSSR count). The quantitative estimate of drug-likeness (QED) is 0.764. The van der Waals surface area contributed by atoms with E-state index in [9.17, 15) is 13.2 Å². The predicted molar refractivity (Wildman–Crippen MR) is 52.9 cm³/mol. The van der Waals surface area contributed by atoms with Crippen LogP contribution in [0.4, 0.5) is 13.2 Å². The van der Waals surface area contributed by atoms with E-state index in [4.69, 9.17) is 0 Å². The van der Waals surface area contributed by atoms with E-state index < -0.39 is 23.5 Å². The number of rotatable bonds is 3. The minimum Gasteiger partial charge on any atom is -0.309 e. The van der Waals surface area contributed by atoms with Crippen LogP contribution in [0.15, 0.2) is 24.3 Å². The maximum Gasteiger partial charge on any atom is 0.134 e. The van der Waals surface area contributed by atoms with Crippen LogP contribution in [0.5, 0.6) is 0 Å². The first kappa shape index (κ1) is 11.8. The van der Waals surface area contributed by atoms with Gasteiger partial charge in [0.25, 0.3) is 0 Å². The van der Waals surface area contributed by atoms with Gasteiger partial charge in [-0.2, -0.15) is 0 Å². The fourth-order valence-corrected chi connectivity index (χ4v) is 1.47. The Kier molecular flexibility index (Phi) is 3.52. The monoisotopic (exact) mass is 215 g/mol. The number of benzene rings is 1. The summed E-state index contributed by atoms with van der Waals surface area (Å²) in [6.07, 6.45) is 0. The minimum atomic E-state index is -0.926. The lowest BCUT2D eigenvalue weighted by atomic mass is 10.00. The molecular weight excluding hydrogens is 203 g/mol. The summed E-state index contributed by atoms with van der Waals surface area (Å²) in [6, 6.07) is 0.669. The average molecular weight is 215 g/mol. The molecule has 0 heterocycles. The molecule has 0 aliphatic rings. The molecule has 0 amide bonds. The highest BCUT2D eigenvalue weighted by Crippen LogP contribution is 2.26. The second-order valence-corrected chi connectivity index (χ2v) is 3.35. The Hall–Kier alpha value is -1.29. The highest BCUT2D eigenvalue weighted by molar-refractivity contribution is 5.29. The third-order valence-corrected chi connectivity index (χ3v) is 2.11. The Morgan fingerprint density at radius 3 is 2.07 bits per heavy atom. The van der Waals surface area contributed by atoms with Gasteiger partial charge in [0.15, 0.2) is 0 Å². The van der Waals surface area contributed by atoms with Gasteiger partial charge in [-0.05, 0) is 14.0 Å². The molecule has 82 valence electrons. The summed E-state index contributed by atoms with van der Waals surface area (Å²) in [5.74, 6) is -2.74. The zero-order chi connectivity index (χ0) is 11.6. The molecule has 0 fully saturated rings. The van der Waals surface area contributed by atoms with Crippen LogP contribution in [0.25, 0.3) is 0 Å². The molecule has 0 saturated carbocycles. The van der Waals surface area contributed by atoms with Gasteiger partial charge < -0.3 is 5.32 Å². The van der Waals surface area contributed by atoms with Gasteiger partial charge in [-0.15, -0.1) is 0 Å². The van der Waals surface area contributed by atoms with Crippen molar-refractivity contribution in [2.24, 2.45) is 0 Å². The van der Waals surface area contributed by atoms with E-state index in [1.54, 1.807) is 14.0 Å². The summed E-state index contributed by atoms with van der Waals surface area (Å²) in [6.45, 7) is 5.26. The molecule has 1 aromatic rings. The Labute approximate surface area is 86.6 Å². The van der Waals surface area contributed by atoms with E-state index in [1.807, 2.05) is 0 Å². The second kappa shape index (κ2) is 4.49. The summed E-state index contributed by atoms with van der Waals surface area (Å²) < 4.78 is 39.3. The molecular formula is C11H12F3N.